The maximum Gasteiger partial charge on any atom is 0.533 e. The molecule has 0 spiro atoms. The summed E-state index contributed by atoms with van der Waals surface area (Å²) in [5, 5.41) is 0.620. The smallest absolute Gasteiger partial charge is 0.484 e. The number of hydroxylamine groups is 2. The van der Waals surface area contributed by atoms with Crippen molar-refractivity contribution in [1.82, 2.24) is 19.6 Å². The molecule has 37 heavy (non-hydrogen) atoms. The summed E-state index contributed by atoms with van der Waals surface area (Å²) in [6.45, 7) is 4.81. The van der Waals surface area contributed by atoms with Crippen molar-refractivity contribution in [2.45, 2.75) is 50.8 Å². The highest BCUT2D eigenvalue weighted by Gasteiger charge is 2.31. The van der Waals surface area contributed by atoms with Crippen LogP contribution in [0.25, 0.3) is 11.0 Å². The number of fused-ring (bicyclic) bond motifs is 1. The van der Waals surface area contributed by atoms with E-state index in [1.165, 1.54) is 19.2 Å². The van der Waals surface area contributed by atoms with E-state index in [9.17, 15) is 27.0 Å². The Bertz CT molecular complexity index is 1310. The second-order valence-corrected chi connectivity index (χ2v) is 9.31. The third-order valence-electron chi connectivity index (χ3n) is 4.94. The number of imidazole rings is 1. The number of hydrogen-bond acceptors (Lipinski definition) is 8. The Labute approximate surface area is 212 Å². The molecule has 0 fully saturated rings. The summed E-state index contributed by atoms with van der Waals surface area (Å²) in [5.41, 5.74) is 1.13. The van der Waals surface area contributed by atoms with Crippen LogP contribution in [0.2, 0.25) is 0 Å². The average Bonchev–Trinajstić information content (AvgIpc) is 3.22. The maximum atomic E-state index is 13.5. The molecule has 0 bridgehead atoms. The van der Waals surface area contributed by atoms with Crippen LogP contribution < -0.4 is 4.74 Å². The van der Waals surface area contributed by atoms with E-state index in [1.807, 2.05) is 0 Å². The molecule has 0 radical (unpaired) electrons. The Kier molecular flexibility index (Phi) is 8.73. The first-order chi connectivity index (χ1) is 17.4. The van der Waals surface area contributed by atoms with Gasteiger partial charge in [0.25, 0.3) is 0 Å². The molecule has 0 aliphatic heterocycles. The molecule has 0 saturated carbocycles. The van der Waals surface area contributed by atoms with Crippen LogP contribution in [-0.4, -0.2) is 61.4 Å². The van der Waals surface area contributed by atoms with Crippen LogP contribution in [0.15, 0.2) is 41.7 Å². The summed E-state index contributed by atoms with van der Waals surface area (Å²) in [6.07, 6.45) is -4.38. The largest absolute Gasteiger partial charge is 0.533 e. The fourth-order valence-corrected chi connectivity index (χ4v) is 4.49. The van der Waals surface area contributed by atoms with E-state index in [0.717, 1.165) is 9.63 Å². The van der Waals surface area contributed by atoms with Crippen LogP contribution in [-0.2, 0) is 26.1 Å². The Morgan fingerprint density at radius 1 is 1.19 bits per heavy atom. The topological polar surface area (TPSA) is 113 Å². The fraction of sp³-hybridized carbons (Fsp3) is 0.391. The van der Waals surface area contributed by atoms with E-state index < -0.39 is 41.8 Å². The van der Waals surface area contributed by atoms with Crippen molar-refractivity contribution in [3.05, 3.63) is 47.8 Å². The number of carbonyl (C=O) groups excluding carboxylic acids is 2. The van der Waals surface area contributed by atoms with Crippen molar-refractivity contribution in [2.24, 2.45) is 0 Å². The third kappa shape index (κ3) is 6.76. The van der Waals surface area contributed by atoms with Gasteiger partial charge in [0.1, 0.15) is 5.75 Å². The standard InChI is InChI=1S/C23H25F3N4O6S/c1-5-34-22(32)36-30(14(2)3)21(31)29-18-9-7-6-8-16(18)28-20(29)37(33)12-17-15(4)19(10-11-27-17)35-13-23(24,25)26/h6-11,14H,5,12-13H2,1-4H3. The molecule has 0 aliphatic rings. The molecule has 3 aromatic rings. The zero-order chi connectivity index (χ0) is 27.3. The van der Waals surface area contributed by atoms with Gasteiger partial charge in [-0.2, -0.15) is 13.2 Å². The first-order valence-electron chi connectivity index (χ1n) is 11.1. The van der Waals surface area contributed by atoms with Crippen LogP contribution >= 0.6 is 0 Å². The van der Waals surface area contributed by atoms with Gasteiger partial charge >= 0.3 is 18.4 Å². The van der Waals surface area contributed by atoms with Gasteiger partial charge in [-0.25, -0.2) is 19.1 Å². The number of para-hydroxylation sites is 2. The Balaban J connectivity index is 1.98. The van der Waals surface area contributed by atoms with Gasteiger partial charge < -0.3 is 14.3 Å². The predicted octanol–water partition coefficient (Wildman–Crippen LogP) is 4.76. The van der Waals surface area contributed by atoms with E-state index in [1.54, 1.807) is 45.0 Å². The van der Waals surface area contributed by atoms with E-state index >= 15 is 0 Å². The maximum absolute atomic E-state index is 13.5. The lowest BCUT2D eigenvalue weighted by Gasteiger charge is -2.24. The first kappa shape index (κ1) is 27.9. The van der Waals surface area contributed by atoms with Crippen molar-refractivity contribution in [3.63, 3.8) is 0 Å². The number of rotatable bonds is 7. The number of carbonyl (C=O) groups is 2. The molecular weight excluding hydrogens is 517 g/mol. The number of alkyl halides is 3. The number of nitrogens with zero attached hydrogens (tertiary/aromatic N) is 4. The van der Waals surface area contributed by atoms with Crippen molar-refractivity contribution in [3.8, 4) is 5.75 Å². The monoisotopic (exact) mass is 542 g/mol. The van der Waals surface area contributed by atoms with E-state index in [-0.39, 0.29) is 34.5 Å². The molecule has 1 aromatic carbocycles. The summed E-state index contributed by atoms with van der Waals surface area (Å²) in [4.78, 5) is 39.0. The highest BCUT2D eigenvalue weighted by atomic mass is 32.2. The molecule has 1 unspecified atom stereocenters. The normalized spacial score (nSPS) is 12.4. The summed E-state index contributed by atoms with van der Waals surface area (Å²) in [6, 6.07) is 6.34. The Morgan fingerprint density at radius 2 is 1.89 bits per heavy atom. The zero-order valence-corrected chi connectivity index (χ0v) is 21.3. The van der Waals surface area contributed by atoms with Gasteiger partial charge in [-0.15, -0.1) is 5.06 Å². The molecule has 200 valence electrons. The van der Waals surface area contributed by atoms with Gasteiger partial charge in [0.2, 0.25) is 5.16 Å². The molecule has 1 amide bonds. The van der Waals surface area contributed by atoms with Crippen molar-refractivity contribution in [2.75, 3.05) is 13.2 Å². The quantitative estimate of drug-likeness (QED) is 0.310. The second-order valence-electron chi connectivity index (χ2n) is 7.97. The van der Waals surface area contributed by atoms with Crippen molar-refractivity contribution < 1.29 is 41.3 Å². The minimum absolute atomic E-state index is 0.0281. The lowest BCUT2D eigenvalue weighted by atomic mass is 10.2. The number of pyridine rings is 1. The summed E-state index contributed by atoms with van der Waals surface area (Å²) < 4.78 is 61.9. The van der Waals surface area contributed by atoms with Gasteiger partial charge in [-0.1, -0.05) is 12.1 Å². The summed E-state index contributed by atoms with van der Waals surface area (Å²) in [7, 11) is -1.99. The summed E-state index contributed by atoms with van der Waals surface area (Å²) in [5.74, 6) is -0.329. The molecule has 0 saturated heterocycles. The van der Waals surface area contributed by atoms with Crippen LogP contribution in [0.4, 0.5) is 22.8 Å². The van der Waals surface area contributed by atoms with Gasteiger partial charge in [0.05, 0.1) is 45.9 Å². The highest BCUT2D eigenvalue weighted by Crippen LogP contribution is 2.26. The number of benzene rings is 1. The molecule has 2 heterocycles. The highest BCUT2D eigenvalue weighted by molar-refractivity contribution is 7.84. The second kappa shape index (κ2) is 11.6. The SMILES string of the molecule is CCOC(=O)ON(C(=O)n1c(S(=O)Cc2nccc(OCC(F)(F)F)c2C)nc2ccccc21)C(C)C. The Morgan fingerprint density at radius 3 is 2.54 bits per heavy atom. The third-order valence-corrected chi connectivity index (χ3v) is 6.15. The lowest BCUT2D eigenvalue weighted by molar-refractivity contribution is -0.153. The van der Waals surface area contributed by atoms with Crippen LogP contribution in [0.3, 0.4) is 0 Å². The zero-order valence-electron chi connectivity index (χ0n) is 20.4. The fourth-order valence-electron chi connectivity index (χ4n) is 3.24. The molecule has 14 heteroatoms. The van der Waals surface area contributed by atoms with Crippen LogP contribution in [0.5, 0.6) is 5.75 Å². The number of amides is 1. The number of halogens is 3. The van der Waals surface area contributed by atoms with E-state index in [2.05, 4.69) is 9.97 Å². The van der Waals surface area contributed by atoms with Gasteiger partial charge in [0.15, 0.2) is 6.61 Å². The van der Waals surface area contributed by atoms with Gasteiger partial charge in [-0.05, 0) is 45.9 Å². The Hall–Kier alpha value is -3.68. The number of aromatic nitrogens is 3. The van der Waals surface area contributed by atoms with Crippen molar-refractivity contribution >= 4 is 34.0 Å². The number of ether oxygens (including phenoxy) is 2. The minimum Gasteiger partial charge on any atom is -0.484 e. The average molecular weight is 543 g/mol. The summed E-state index contributed by atoms with van der Waals surface area (Å²) >= 11 is 0. The van der Waals surface area contributed by atoms with Gasteiger partial charge in [-0.3, -0.25) is 9.19 Å². The van der Waals surface area contributed by atoms with Crippen LogP contribution in [0.1, 0.15) is 32.0 Å². The predicted molar refractivity (Wildman–Crippen MR) is 126 cm³/mol. The molecular formula is C23H25F3N4O6S. The molecule has 3 rings (SSSR count). The number of hydrogen-bond donors (Lipinski definition) is 0. The van der Waals surface area contributed by atoms with Gasteiger partial charge in [0, 0.05) is 11.8 Å². The van der Waals surface area contributed by atoms with Crippen LogP contribution in [0, 0.1) is 6.92 Å². The minimum atomic E-state index is -4.53. The van der Waals surface area contributed by atoms with E-state index in [4.69, 9.17) is 14.3 Å². The molecule has 0 N–H and O–H groups in total. The van der Waals surface area contributed by atoms with Crippen molar-refractivity contribution in [1.29, 1.82) is 0 Å². The van der Waals surface area contributed by atoms with E-state index in [0.29, 0.717) is 11.0 Å². The molecule has 0 aliphatic carbocycles. The lowest BCUT2D eigenvalue weighted by Crippen LogP contribution is -2.42. The first-order valence-corrected chi connectivity index (χ1v) is 12.4. The molecule has 10 nitrogen and oxygen atoms in total. The molecule has 2 aromatic heterocycles. The molecule has 1 atom stereocenters.